The number of aryl methyl sites for hydroxylation is 3. The van der Waals surface area contributed by atoms with Gasteiger partial charge >= 0.3 is 6.03 Å². The molecule has 10 heteroatoms. The number of amides is 2. The average molecular weight is 492 g/mol. The molecule has 0 aliphatic carbocycles. The second kappa shape index (κ2) is 9.18. The number of hydrogen-bond acceptors (Lipinski definition) is 6. The zero-order valence-corrected chi connectivity index (χ0v) is 21.7. The number of anilines is 2. The first-order valence-electron chi connectivity index (χ1n) is 11.1. The van der Waals surface area contributed by atoms with Gasteiger partial charge in [0.15, 0.2) is 5.16 Å². The zero-order chi connectivity index (χ0) is 25.5. The van der Waals surface area contributed by atoms with Gasteiger partial charge in [-0.3, -0.25) is 19.4 Å². The van der Waals surface area contributed by atoms with Crippen LogP contribution < -0.4 is 16.2 Å². The number of pyridine rings is 1. The van der Waals surface area contributed by atoms with Crippen molar-refractivity contribution in [1.29, 1.82) is 0 Å². The lowest BCUT2D eigenvalue weighted by Crippen LogP contribution is -2.22. The van der Waals surface area contributed by atoms with Gasteiger partial charge in [0.2, 0.25) is 0 Å². The Bertz CT molecular complexity index is 1500. The number of thioether (sulfide) groups is 1. The summed E-state index contributed by atoms with van der Waals surface area (Å²) in [6.45, 7) is 8.13. The lowest BCUT2D eigenvalue weighted by molar-refractivity contribution is 0.262. The number of hydrogen-bond donors (Lipinski definition) is 2. The van der Waals surface area contributed by atoms with Gasteiger partial charge in [-0.25, -0.2) is 14.8 Å². The number of urea groups is 1. The highest BCUT2D eigenvalue weighted by atomic mass is 32.2. The lowest BCUT2D eigenvalue weighted by atomic mass is 9.92. The van der Waals surface area contributed by atoms with Crippen LogP contribution in [0, 0.1) is 6.92 Å². The maximum Gasteiger partial charge on any atom is 0.324 e. The Morgan fingerprint density at radius 2 is 1.80 bits per heavy atom. The fraction of sp³-hybridized carbons (Fsp3) is 0.320. The van der Waals surface area contributed by atoms with Crippen molar-refractivity contribution in [3.63, 3.8) is 0 Å². The van der Waals surface area contributed by atoms with Gasteiger partial charge in [0.05, 0.1) is 5.69 Å². The van der Waals surface area contributed by atoms with Crippen molar-refractivity contribution in [2.45, 2.75) is 38.3 Å². The van der Waals surface area contributed by atoms with Gasteiger partial charge in [-0.2, -0.15) is 5.10 Å². The van der Waals surface area contributed by atoms with Crippen LogP contribution in [0.4, 0.5) is 16.3 Å². The second-order valence-corrected chi connectivity index (χ2v) is 10.2. The van der Waals surface area contributed by atoms with Gasteiger partial charge in [-0.05, 0) is 42.5 Å². The number of fused-ring (bicyclic) bond motifs is 1. The fourth-order valence-electron chi connectivity index (χ4n) is 3.74. The third-order valence-corrected chi connectivity index (χ3v) is 6.35. The highest BCUT2D eigenvalue weighted by Crippen LogP contribution is 2.27. The molecule has 182 valence electrons. The highest BCUT2D eigenvalue weighted by molar-refractivity contribution is 7.98. The first kappa shape index (κ1) is 24.5. The van der Waals surface area contributed by atoms with Crippen molar-refractivity contribution >= 4 is 40.3 Å². The van der Waals surface area contributed by atoms with E-state index in [-0.39, 0.29) is 11.0 Å². The van der Waals surface area contributed by atoms with Gasteiger partial charge in [0.25, 0.3) is 5.56 Å². The minimum atomic E-state index is -0.396. The molecule has 1 aromatic carbocycles. The molecule has 2 amide bonds. The van der Waals surface area contributed by atoms with Crippen LogP contribution in [0.5, 0.6) is 0 Å². The van der Waals surface area contributed by atoms with E-state index in [1.807, 2.05) is 31.4 Å². The molecule has 0 aliphatic heterocycles. The Hall–Kier alpha value is -3.66. The van der Waals surface area contributed by atoms with Gasteiger partial charge in [-0.15, -0.1) is 0 Å². The highest BCUT2D eigenvalue weighted by Gasteiger charge is 2.20. The summed E-state index contributed by atoms with van der Waals surface area (Å²) >= 11 is 1.42. The predicted octanol–water partition coefficient (Wildman–Crippen LogP) is 4.70. The van der Waals surface area contributed by atoms with E-state index in [0.29, 0.717) is 27.9 Å². The largest absolute Gasteiger partial charge is 0.324 e. The maximum absolute atomic E-state index is 13.2. The van der Waals surface area contributed by atoms with Crippen LogP contribution in [0.2, 0.25) is 0 Å². The molecule has 3 heterocycles. The molecule has 0 atom stereocenters. The van der Waals surface area contributed by atoms with Crippen LogP contribution in [0.1, 0.15) is 32.0 Å². The van der Waals surface area contributed by atoms with Crippen molar-refractivity contribution in [3.8, 4) is 11.1 Å². The third kappa shape index (κ3) is 4.93. The van der Waals surface area contributed by atoms with Crippen molar-refractivity contribution in [2.24, 2.45) is 14.1 Å². The van der Waals surface area contributed by atoms with Gasteiger partial charge in [0, 0.05) is 48.4 Å². The normalized spacial score (nSPS) is 11.6. The molecular weight excluding hydrogens is 462 g/mol. The Morgan fingerprint density at radius 3 is 2.46 bits per heavy atom. The maximum atomic E-state index is 13.2. The number of rotatable bonds is 4. The summed E-state index contributed by atoms with van der Waals surface area (Å²) in [5, 5.41) is 11.6. The summed E-state index contributed by atoms with van der Waals surface area (Å²) in [6, 6.07) is 8.76. The van der Waals surface area contributed by atoms with Crippen LogP contribution in [0.15, 0.2) is 46.5 Å². The van der Waals surface area contributed by atoms with Crippen LogP contribution in [0.3, 0.4) is 0 Å². The smallest absolute Gasteiger partial charge is 0.308 e. The Kier molecular flexibility index (Phi) is 6.42. The molecule has 0 spiro atoms. The first-order valence-corrected chi connectivity index (χ1v) is 12.3. The summed E-state index contributed by atoms with van der Waals surface area (Å²) in [7, 11) is 3.49. The van der Waals surface area contributed by atoms with Gasteiger partial charge in [-0.1, -0.05) is 38.6 Å². The molecular formula is C25H29N7O2S. The summed E-state index contributed by atoms with van der Waals surface area (Å²) in [5.41, 5.74) is 3.89. The average Bonchev–Trinajstić information content (AvgIpc) is 3.18. The van der Waals surface area contributed by atoms with E-state index >= 15 is 0 Å². The molecule has 0 radical (unpaired) electrons. The van der Waals surface area contributed by atoms with Crippen LogP contribution >= 0.6 is 11.8 Å². The van der Waals surface area contributed by atoms with Crippen LogP contribution in [-0.4, -0.2) is 36.6 Å². The summed E-state index contributed by atoms with van der Waals surface area (Å²) in [4.78, 5) is 34.8. The van der Waals surface area contributed by atoms with Crippen molar-refractivity contribution < 1.29 is 4.79 Å². The molecule has 9 nitrogen and oxygen atoms in total. The number of aromatic nitrogens is 5. The van der Waals surface area contributed by atoms with E-state index in [9.17, 15) is 9.59 Å². The van der Waals surface area contributed by atoms with E-state index in [1.54, 1.807) is 37.1 Å². The quantitative estimate of drug-likeness (QED) is 0.317. The Labute approximate surface area is 208 Å². The van der Waals surface area contributed by atoms with E-state index in [1.165, 1.54) is 16.3 Å². The zero-order valence-electron chi connectivity index (χ0n) is 20.9. The van der Waals surface area contributed by atoms with Crippen LogP contribution in [-0.2, 0) is 19.5 Å². The number of carbonyl (C=O) groups is 1. The van der Waals surface area contributed by atoms with E-state index in [0.717, 1.165) is 22.2 Å². The minimum Gasteiger partial charge on any atom is -0.308 e. The van der Waals surface area contributed by atoms with Gasteiger partial charge < -0.3 is 5.32 Å². The molecule has 0 unspecified atom stereocenters. The first-order chi connectivity index (χ1) is 16.5. The van der Waals surface area contributed by atoms with Crippen molar-refractivity contribution in [1.82, 2.24) is 24.3 Å². The SMILES string of the molecule is CSc1ncc2cc(-c3cc(NC(=O)Nc4cc(C(C)(C)C)nn4C)ccc3C)c(=O)n(C)c2n1. The second-order valence-electron chi connectivity index (χ2n) is 9.46. The number of benzene rings is 1. The van der Waals surface area contributed by atoms with E-state index in [2.05, 4.69) is 46.5 Å². The predicted molar refractivity (Wildman–Crippen MR) is 141 cm³/mol. The number of nitrogens with zero attached hydrogens (tertiary/aromatic N) is 5. The molecule has 35 heavy (non-hydrogen) atoms. The van der Waals surface area contributed by atoms with Crippen molar-refractivity contribution in [3.05, 3.63) is 58.1 Å². The van der Waals surface area contributed by atoms with Crippen LogP contribution in [0.25, 0.3) is 22.2 Å². The Morgan fingerprint density at radius 1 is 1.06 bits per heavy atom. The van der Waals surface area contributed by atoms with E-state index < -0.39 is 6.03 Å². The molecule has 3 aromatic heterocycles. The molecule has 4 aromatic rings. The third-order valence-electron chi connectivity index (χ3n) is 5.78. The number of carbonyl (C=O) groups excluding carboxylic acids is 1. The lowest BCUT2D eigenvalue weighted by Gasteiger charge is -2.13. The summed E-state index contributed by atoms with van der Waals surface area (Å²) in [6.07, 6.45) is 3.62. The van der Waals surface area contributed by atoms with E-state index in [4.69, 9.17) is 0 Å². The molecule has 0 saturated carbocycles. The molecule has 0 saturated heterocycles. The van der Waals surface area contributed by atoms with Crippen molar-refractivity contribution in [2.75, 3.05) is 16.9 Å². The monoisotopic (exact) mass is 491 g/mol. The standard InChI is InChI=1S/C25H29N7O2S/c1-14-8-9-16(27-23(34)28-20-12-19(25(2,3)4)30-32(20)6)11-17(14)18-10-15-13-26-24(35-7)29-21(15)31(5)22(18)33/h8-13H,1-7H3,(H2,27,28,34). The number of nitrogens with one attached hydrogen (secondary N) is 2. The fourth-order valence-corrected chi connectivity index (χ4v) is 4.08. The molecule has 2 N–H and O–H groups in total. The van der Waals surface area contributed by atoms with Gasteiger partial charge in [0.1, 0.15) is 11.5 Å². The molecule has 0 aliphatic rings. The molecule has 0 bridgehead atoms. The topological polar surface area (TPSA) is 107 Å². The Balaban J connectivity index is 1.64. The summed E-state index contributed by atoms with van der Waals surface area (Å²) in [5.74, 6) is 0.591. The summed E-state index contributed by atoms with van der Waals surface area (Å²) < 4.78 is 3.18. The molecule has 0 fully saturated rings. The minimum absolute atomic E-state index is 0.131. The molecule has 4 rings (SSSR count).